The van der Waals surface area contributed by atoms with Crippen molar-refractivity contribution in [2.45, 2.75) is 0 Å². The Morgan fingerprint density at radius 1 is 1.18 bits per heavy atom. The van der Waals surface area contributed by atoms with Crippen LogP contribution in [0.15, 0.2) is 36.0 Å². The molecule has 0 aliphatic rings. The minimum absolute atomic E-state index is 0.495. The quantitative estimate of drug-likeness (QED) is 0.508. The van der Waals surface area contributed by atoms with Gasteiger partial charge in [0.25, 0.3) is 0 Å². The van der Waals surface area contributed by atoms with Crippen LogP contribution in [0.5, 0.6) is 5.75 Å². The monoisotopic (exact) mass is 329 g/mol. The van der Waals surface area contributed by atoms with Crippen molar-refractivity contribution in [3.63, 3.8) is 0 Å². The smallest absolute Gasteiger partial charge is 0.130 e. The van der Waals surface area contributed by atoms with E-state index in [0.29, 0.717) is 5.15 Å². The largest absolute Gasteiger partial charge is 0.496 e. The molecule has 4 nitrogen and oxygen atoms in total. The van der Waals surface area contributed by atoms with E-state index in [1.807, 2.05) is 24.7 Å². The number of nitrogens with zero attached hydrogens (tertiary/aromatic N) is 3. The number of aryl methyl sites for hydroxylation is 1. The molecule has 4 aromatic rings. The van der Waals surface area contributed by atoms with E-state index in [2.05, 4.69) is 26.7 Å². The maximum atomic E-state index is 6.00. The molecule has 0 saturated carbocycles. The molecule has 6 heteroatoms. The number of fused-ring (bicyclic) bond motifs is 2. The van der Waals surface area contributed by atoms with Crippen molar-refractivity contribution in [1.82, 2.24) is 14.5 Å². The van der Waals surface area contributed by atoms with Gasteiger partial charge in [0.05, 0.1) is 40.2 Å². The van der Waals surface area contributed by atoms with Crippen molar-refractivity contribution in [1.29, 1.82) is 0 Å². The lowest BCUT2D eigenvalue weighted by Gasteiger charge is -2.10. The molecule has 3 heterocycles. The van der Waals surface area contributed by atoms with Gasteiger partial charge in [0.15, 0.2) is 0 Å². The van der Waals surface area contributed by atoms with Gasteiger partial charge in [-0.3, -0.25) is 0 Å². The Hall–Kier alpha value is -2.11. The van der Waals surface area contributed by atoms with Gasteiger partial charge in [-0.2, -0.15) is 0 Å². The second-order valence-corrected chi connectivity index (χ2v) is 6.30. The average molecular weight is 330 g/mol. The molecule has 0 N–H and O–H groups in total. The fourth-order valence-electron chi connectivity index (χ4n) is 2.72. The van der Waals surface area contributed by atoms with Crippen molar-refractivity contribution in [2.75, 3.05) is 7.11 Å². The molecule has 0 amide bonds. The Labute approximate surface area is 135 Å². The highest BCUT2D eigenvalue weighted by Gasteiger charge is 2.15. The van der Waals surface area contributed by atoms with E-state index >= 15 is 0 Å². The van der Waals surface area contributed by atoms with E-state index in [9.17, 15) is 0 Å². The first-order valence-corrected chi connectivity index (χ1v) is 7.95. The second kappa shape index (κ2) is 4.97. The number of hydrogen-bond donors (Lipinski definition) is 0. The molecule has 0 radical (unpaired) electrons. The van der Waals surface area contributed by atoms with Crippen LogP contribution in [-0.2, 0) is 7.05 Å². The summed E-state index contributed by atoms with van der Waals surface area (Å²) in [6, 6.07) is 8.07. The van der Waals surface area contributed by atoms with Crippen molar-refractivity contribution in [3.05, 3.63) is 41.1 Å². The highest BCUT2D eigenvalue weighted by Crippen LogP contribution is 2.37. The lowest BCUT2D eigenvalue weighted by atomic mass is 10.1. The van der Waals surface area contributed by atoms with E-state index in [0.717, 1.165) is 38.1 Å². The predicted molar refractivity (Wildman–Crippen MR) is 90.9 cm³/mol. The summed E-state index contributed by atoms with van der Waals surface area (Å²) in [6.07, 6.45) is 1.79. The Bertz CT molecular complexity index is 1010. The van der Waals surface area contributed by atoms with Gasteiger partial charge in [-0.05, 0) is 18.2 Å². The minimum atomic E-state index is 0.495. The van der Waals surface area contributed by atoms with Gasteiger partial charge in [0.2, 0.25) is 0 Å². The predicted octanol–water partition coefficient (Wildman–Crippen LogP) is 4.51. The first-order chi connectivity index (χ1) is 10.7. The molecule has 3 aromatic heterocycles. The van der Waals surface area contributed by atoms with Gasteiger partial charge >= 0.3 is 0 Å². The number of methoxy groups -OCH3 is 1. The number of aromatic nitrogens is 3. The van der Waals surface area contributed by atoms with Crippen LogP contribution in [0, 0.1) is 0 Å². The maximum Gasteiger partial charge on any atom is 0.130 e. The van der Waals surface area contributed by atoms with Gasteiger partial charge in [-0.1, -0.05) is 11.6 Å². The fraction of sp³-hybridized carbons (Fsp3) is 0.125. The van der Waals surface area contributed by atoms with Gasteiger partial charge < -0.3 is 9.30 Å². The molecule has 4 rings (SSSR count). The van der Waals surface area contributed by atoms with E-state index in [4.69, 9.17) is 16.3 Å². The number of rotatable bonds is 2. The summed E-state index contributed by atoms with van der Waals surface area (Å²) in [7, 11) is 3.70. The van der Waals surface area contributed by atoms with E-state index < -0.39 is 0 Å². The molecular weight excluding hydrogens is 318 g/mol. The van der Waals surface area contributed by atoms with Crippen LogP contribution in [0.3, 0.4) is 0 Å². The molecule has 0 unspecified atom stereocenters. The lowest BCUT2D eigenvalue weighted by Crippen LogP contribution is -1.94. The van der Waals surface area contributed by atoms with Gasteiger partial charge in [0.1, 0.15) is 10.9 Å². The number of ether oxygens (including phenoxy) is 1. The number of halogens is 1. The van der Waals surface area contributed by atoms with Crippen LogP contribution in [0.25, 0.3) is 32.4 Å². The molecule has 0 fully saturated rings. The summed E-state index contributed by atoms with van der Waals surface area (Å²) in [4.78, 5) is 8.51. The molecule has 0 aliphatic carbocycles. The molecular formula is C16H12ClN3OS. The topological polar surface area (TPSA) is 39.9 Å². The standard InChI is InChI=1S/C16H12ClN3OS/c1-20-12(3-9-4-16(17)18-7-13(9)20)10-5-15-11(19-8-22-15)6-14(10)21-2/h3-8H,1-2H3. The fourth-order valence-corrected chi connectivity index (χ4v) is 3.58. The first kappa shape index (κ1) is 13.5. The zero-order chi connectivity index (χ0) is 15.3. The third-order valence-corrected chi connectivity index (χ3v) is 4.82. The number of hydrogen-bond acceptors (Lipinski definition) is 4. The van der Waals surface area contributed by atoms with E-state index in [-0.39, 0.29) is 0 Å². The van der Waals surface area contributed by atoms with Crippen LogP contribution in [0.1, 0.15) is 0 Å². The van der Waals surface area contributed by atoms with Crippen LogP contribution >= 0.6 is 22.9 Å². The molecule has 0 saturated heterocycles. The third-order valence-electron chi connectivity index (χ3n) is 3.82. The first-order valence-electron chi connectivity index (χ1n) is 6.70. The van der Waals surface area contributed by atoms with Gasteiger partial charge in [0, 0.05) is 24.1 Å². The Morgan fingerprint density at radius 3 is 2.86 bits per heavy atom. The molecule has 110 valence electrons. The second-order valence-electron chi connectivity index (χ2n) is 5.03. The van der Waals surface area contributed by atoms with Gasteiger partial charge in [-0.25, -0.2) is 9.97 Å². The lowest BCUT2D eigenvalue weighted by molar-refractivity contribution is 0.416. The molecule has 0 aliphatic heterocycles. The summed E-state index contributed by atoms with van der Waals surface area (Å²) in [5, 5.41) is 1.55. The molecule has 0 spiro atoms. The highest BCUT2D eigenvalue weighted by atomic mass is 35.5. The molecule has 0 bridgehead atoms. The van der Waals surface area contributed by atoms with Crippen LogP contribution in [0.2, 0.25) is 5.15 Å². The van der Waals surface area contributed by atoms with Crippen LogP contribution in [-0.4, -0.2) is 21.6 Å². The highest BCUT2D eigenvalue weighted by molar-refractivity contribution is 7.16. The Balaban J connectivity index is 2.03. The number of benzene rings is 1. The Kier molecular flexibility index (Phi) is 3.06. The zero-order valence-electron chi connectivity index (χ0n) is 12.0. The molecule has 0 atom stereocenters. The maximum absolute atomic E-state index is 6.00. The molecule has 1 aromatic carbocycles. The van der Waals surface area contributed by atoms with Crippen molar-refractivity contribution in [3.8, 4) is 17.0 Å². The summed E-state index contributed by atoms with van der Waals surface area (Å²) < 4.78 is 8.80. The van der Waals surface area contributed by atoms with Gasteiger partial charge in [-0.15, -0.1) is 11.3 Å². The normalized spacial score (nSPS) is 11.4. The van der Waals surface area contributed by atoms with Crippen molar-refractivity contribution < 1.29 is 4.74 Å². The van der Waals surface area contributed by atoms with Crippen molar-refractivity contribution in [2.24, 2.45) is 7.05 Å². The summed E-state index contributed by atoms with van der Waals surface area (Å²) in [5.74, 6) is 0.809. The number of thiazole rings is 1. The summed E-state index contributed by atoms with van der Waals surface area (Å²) >= 11 is 7.62. The van der Waals surface area contributed by atoms with Crippen molar-refractivity contribution >= 4 is 44.1 Å². The van der Waals surface area contributed by atoms with Crippen LogP contribution in [0.4, 0.5) is 0 Å². The van der Waals surface area contributed by atoms with Crippen LogP contribution < -0.4 is 4.74 Å². The summed E-state index contributed by atoms with van der Waals surface area (Å²) in [5.41, 5.74) is 5.93. The number of pyridine rings is 1. The third kappa shape index (κ3) is 1.97. The molecule has 22 heavy (non-hydrogen) atoms. The zero-order valence-corrected chi connectivity index (χ0v) is 13.6. The van der Waals surface area contributed by atoms with E-state index in [1.165, 1.54) is 0 Å². The minimum Gasteiger partial charge on any atom is -0.496 e. The SMILES string of the molecule is COc1cc2ncsc2cc1-c1cc2cc(Cl)ncc2n1C. The summed E-state index contributed by atoms with van der Waals surface area (Å²) in [6.45, 7) is 0. The average Bonchev–Trinajstić information content (AvgIpc) is 3.09. The Morgan fingerprint density at radius 2 is 2.05 bits per heavy atom. The van der Waals surface area contributed by atoms with E-state index in [1.54, 1.807) is 24.6 Å².